The molecule has 0 aliphatic carbocycles. The first-order valence-electron chi connectivity index (χ1n) is 14.6. The molecule has 2 N–H and O–H groups in total. The number of aromatic nitrogens is 1. The van der Waals surface area contributed by atoms with Crippen LogP contribution in [0.15, 0.2) is 57.5 Å². The van der Waals surface area contributed by atoms with Gasteiger partial charge in [0.2, 0.25) is 15.9 Å². The Morgan fingerprint density at radius 1 is 1.22 bits per heavy atom. The molecule has 4 aliphatic rings. The minimum Gasteiger partial charge on any atom is -0.378 e. The van der Waals surface area contributed by atoms with Crippen LogP contribution in [-0.4, -0.2) is 73.8 Å². The van der Waals surface area contributed by atoms with Crippen LogP contribution < -0.4 is 9.62 Å². The van der Waals surface area contributed by atoms with Gasteiger partial charge in [0.05, 0.1) is 40.3 Å². The number of thioether (sulfide) groups is 1. The number of rotatable bonds is 8. The Balaban J connectivity index is 1.35. The number of amides is 2. The Kier molecular flexibility index (Phi) is 8.49. The van der Waals surface area contributed by atoms with Gasteiger partial charge in [0.1, 0.15) is 17.6 Å². The zero-order chi connectivity index (χ0) is 33.0. The molecule has 0 unspecified atom stereocenters. The van der Waals surface area contributed by atoms with E-state index in [0.717, 1.165) is 31.5 Å². The normalized spacial score (nSPS) is 19.7. The van der Waals surface area contributed by atoms with Gasteiger partial charge in [-0.3, -0.25) is 19.9 Å². The van der Waals surface area contributed by atoms with Gasteiger partial charge in [-0.1, -0.05) is 17.8 Å². The molecule has 4 aliphatic heterocycles. The lowest BCUT2D eigenvalue weighted by Gasteiger charge is -2.27. The molecule has 0 saturated carbocycles. The number of nitrogens with one attached hydrogen (secondary N) is 2. The lowest BCUT2D eigenvalue weighted by atomic mass is 10.0. The van der Waals surface area contributed by atoms with Crippen molar-refractivity contribution in [3.05, 3.63) is 75.0 Å². The standard InChI is InChI=1S/C31H30F3N5O5S2/c1-17-9-10-23(28(35)22-6-5-7-25(36-22)38-11-4-3-8-26(38)40)45-29(17)19-12-20-14-39(18(2)31(32,33)34)30(41)27(20)24(13-19)46(42,43)37-21-15-44-16-21/h5-7,9,12-13,18,21,35,37H,3-4,8,11,14-16H2,1-2H3/t18-/m0/s1. The fraction of sp³-hybridized carbons (Fsp3) is 0.387. The summed E-state index contributed by atoms with van der Waals surface area (Å²) in [7, 11) is -4.34. The van der Waals surface area contributed by atoms with Gasteiger partial charge < -0.3 is 9.64 Å². The van der Waals surface area contributed by atoms with Crippen molar-refractivity contribution < 1.29 is 35.9 Å². The maximum atomic E-state index is 13.7. The molecule has 0 spiro atoms. The number of nitrogens with zero attached hydrogens (tertiary/aromatic N) is 3. The van der Waals surface area contributed by atoms with E-state index < -0.39 is 45.6 Å². The number of allylic oxidation sites excluding steroid dienone is 2. The number of sulfonamides is 1. The fourth-order valence-corrected chi connectivity index (χ4v) is 8.05. The molecule has 1 aromatic carbocycles. The van der Waals surface area contributed by atoms with E-state index in [1.165, 1.54) is 12.1 Å². The SMILES string of the molecule is CC1=C(c2cc3c(c(S(=O)(=O)NC4COC4)c2)C(=O)N([C@@H](C)C(F)(F)F)C3)SC(C(=N)c2cccc(N3CCCCC3=O)n2)=C=C1. The van der Waals surface area contributed by atoms with E-state index in [-0.39, 0.29) is 36.0 Å². The number of fused-ring (bicyclic) bond motifs is 1. The van der Waals surface area contributed by atoms with Gasteiger partial charge >= 0.3 is 6.18 Å². The molecule has 46 heavy (non-hydrogen) atoms. The first kappa shape index (κ1) is 32.2. The highest BCUT2D eigenvalue weighted by Gasteiger charge is 2.47. The summed E-state index contributed by atoms with van der Waals surface area (Å²) in [5.41, 5.74) is 4.32. The smallest absolute Gasteiger partial charge is 0.378 e. The molecular formula is C31H30F3N5O5S2. The number of carbonyl (C=O) groups excluding carboxylic acids is 2. The highest BCUT2D eigenvalue weighted by Crippen LogP contribution is 2.43. The summed E-state index contributed by atoms with van der Waals surface area (Å²) in [5, 5.41) is 8.93. The number of ether oxygens (including phenoxy) is 1. The molecule has 2 amide bonds. The highest BCUT2D eigenvalue weighted by molar-refractivity contribution is 8.12. The molecule has 2 saturated heterocycles. The summed E-state index contributed by atoms with van der Waals surface area (Å²) in [6.45, 7) is 3.02. The third-order valence-corrected chi connectivity index (χ3v) is 11.1. The van der Waals surface area contributed by atoms with Crippen molar-refractivity contribution in [3.8, 4) is 0 Å². The minimum absolute atomic E-state index is 0.0265. The molecule has 242 valence electrons. The van der Waals surface area contributed by atoms with Crippen LogP contribution in [0.5, 0.6) is 0 Å². The Morgan fingerprint density at radius 2 is 1.98 bits per heavy atom. The topological polar surface area (TPSA) is 133 Å². The average molecular weight is 674 g/mol. The van der Waals surface area contributed by atoms with Crippen molar-refractivity contribution in [2.24, 2.45) is 0 Å². The second-order valence-electron chi connectivity index (χ2n) is 11.5. The number of hydrogen-bond acceptors (Lipinski definition) is 8. The molecule has 6 rings (SSSR count). The zero-order valence-corrected chi connectivity index (χ0v) is 26.5. The first-order chi connectivity index (χ1) is 21.7. The monoisotopic (exact) mass is 673 g/mol. The van der Waals surface area contributed by atoms with E-state index in [1.54, 1.807) is 36.1 Å². The Hall–Kier alpha value is -3.75. The zero-order valence-electron chi connectivity index (χ0n) is 24.9. The van der Waals surface area contributed by atoms with Crippen molar-refractivity contribution in [2.75, 3.05) is 24.7 Å². The van der Waals surface area contributed by atoms with Crippen LogP contribution in [0.4, 0.5) is 19.0 Å². The summed E-state index contributed by atoms with van der Waals surface area (Å²) in [5.74, 6) is -0.596. The fourth-order valence-electron chi connectivity index (χ4n) is 5.60. The van der Waals surface area contributed by atoms with Crippen LogP contribution >= 0.6 is 11.8 Å². The summed E-state index contributed by atoms with van der Waals surface area (Å²) < 4.78 is 75.8. The van der Waals surface area contributed by atoms with E-state index in [4.69, 9.17) is 10.1 Å². The number of alkyl halides is 3. The predicted octanol–water partition coefficient (Wildman–Crippen LogP) is 4.77. The van der Waals surface area contributed by atoms with Crippen LogP contribution in [0.3, 0.4) is 0 Å². The lowest BCUT2D eigenvalue weighted by molar-refractivity contribution is -0.172. The molecule has 10 nitrogen and oxygen atoms in total. The van der Waals surface area contributed by atoms with Gasteiger partial charge in [-0.2, -0.15) is 13.2 Å². The summed E-state index contributed by atoms with van der Waals surface area (Å²) in [4.78, 5) is 33.1. The molecular weight excluding hydrogens is 643 g/mol. The van der Waals surface area contributed by atoms with Crippen molar-refractivity contribution in [2.45, 2.75) is 62.8 Å². The lowest BCUT2D eigenvalue weighted by Crippen LogP contribution is -2.48. The summed E-state index contributed by atoms with van der Waals surface area (Å²) in [6.07, 6.45) is -0.967. The molecule has 2 fully saturated rings. The van der Waals surface area contributed by atoms with Gasteiger partial charge in [0.15, 0.2) is 0 Å². The van der Waals surface area contributed by atoms with Crippen molar-refractivity contribution in [1.29, 1.82) is 5.41 Å². The Morgan fingerprint density at radius 3 is 2.65 bits per heavy atom. The van der Waals surface area contributed by atoms with Crippen LogP contribution in [-0.2, 0) is 26.1 Å². The minimum atomic E-state index is -4.71. The van der Waals surface area contributed by atoms with Crippen molar-refractivity contribution in [3.63, 3.8) is 0 Å². The molecule has 1 aromatic heterocycles. The average Bonchev–Trinajstić information content (AvgIpc) is 3.33. The number of benzene rings is 1. The van der Waals surface area contributed by atoms with Crippen LogP contribution in [0.25, 0.3) is 4.91 Å². The maximum absolute atomic E-state index is 13.7. The third kappa shape index (κ3) is 6.05. The van der Waals surface area contributed by atoms with Gasteiger partial charge in [0.25, 0.3) is 5.91 Å². The Labute approximate surface area is 267 Å². The van der Waals surface area contributed by atoms with Crippen LogP contribution in [0, 0.1) is 5.41 Å². The van der Waals surface area contributed by atoms with Crippen molar-refractivity contribution in [1.82, 2.24) is 14.6 Å². The second kappa shape index (κ2) is 12.1. The van der Waals surface area contributed by atoms with E-state index in [1.807, 2.05) is 0 Å². The van der Waals surface area contributed by atoms with E-state index in [0.29, 0.717) is 50.3 Å². The molecule has 2 aromatic rings. The van der Waals surface area contributed by atoms with Crippen LogP contribution in [0.2, 0.25) is 0 Å². The Bertz CT molecular complexity index is 1860. The number of hydrogen-bond donors (Lipinski definition) is 2. The van der Waals surface area contributed by atoms with Gasteiger partial charge in [-0.15, -0.1) is 5.73 Å². The third-order valence-electron chi connectivity index (χ3n) is 8.25. The number of halogens is 3. The van der Waals surface area contributed by atoms with Gasteiger partial charge in [-0.25, -0.2) is 18.1 Å². The quantitative estimate of drug-likeness (QED) is 0.305. The van der Waals surface area contributed by atoms with E-state index in [2.05, 4.69) is 15.4 Å². The van der Waals surface area contributed by atoms with Crippen molar-refractivity contribution >= 4 is 50.0 Å². The molecule has 15 heteroatoms. The summed E-state index contributed by atoms with van der Waals surface area (Å²) in [6, 6.07) is 5.26. The van der Waals surface area contributed by atoms with Crippen LogP contribution in [0.1, 0.15) is 60.3 Å². The number of piperidine rings is 1. The molecule has 0 bridgehead atoms. The second-order valence-corrected chi connectivity index (χ2v) is 14.2. The first-order valence-corrected chi connectivity index (χ1v) is 16.9. The molecule has 1 atom stereocenters. The largest absolute Gasteiger partial charge is 0.408 e. The number of pyridine rings is 1. The number of carbonyl (C=O) groups is 2. The maximum Gasteiger partial charge on any atom is 0.408 e. The number of anilines is 1. The molecule has 0 radical (unpaired) electrons. The van der Waals surface area contributed by atoms with E-state index in [9.17, 15) is 31.2 Å². The highest BCUT2D eigenvalue weighted by atomic mass is 32.2. The summed E-state index contributed by atoms with van der Waals surface area (Å²) >= 11 is 1.14. The predicted molar refractivity (Wildman–Crippen MR) is 166 cm³/mol. The molecule has 5 heterocycles. The van der Waals surface area contributed by atoms with Gasteiger partial charge in [-0.05, 0) is 73.7 Å². The van der Waals surface area contributed by atoms with Gasteiger partial charge in [0, 0.05) is 24.4 Å². The van der Waals surface area contributed by atoms with E-state index >= 15 is 0 Å².